The number of rotatable bonds is 4. The van der Waals surface area contributed by atoms with Gasteiger partial charge in [0.2, 0.25) is 5.88 Å². The van der Waals surface area contributed by atoms with E-state index in [0.717, 1.165) is 16.7 Å². The minimum absolute atomic E-state index is 0.187. The van der Waals surface area contributed by atoms with E-state index in [2.05, 4.69) is 11.1 Å². The molecule has 0 aliphatic carbocycles. The molecule has 0 N–H and O–H groups in total. The van der Waals surface area contributed by atoms with E-state index in [1.807, 2.05) is 13.0 Å². The summed E-state index contributed by atoms with van der Waals surface area (Å²) in [4.78, 5) is 19.3. The van der Waals surface area contributed by atoms with Crippen molar-refractivity contribution in [1.29, 1.82) is 5.26 Å². The summed E-state index contributed by atoms with van der Waals surface area (Å²) in [6.45, 7) is 2.52. The summed E-state index contributed by atoms with van der Waals surface area (Å²) in [7, 11) is 0. The van der Waals surface area contributed by atoms with Crippen LogP contribution in [-0.4, -0.2) is 28.4 Å². The van der Waals surface area contributed by atoms with Crippen LogP contribution in [0.2, 0.25) is 0 Å². The number of hydrogen-bond acceptors (Lipinski definition) is 4. The van der Waals surface area contributed by atoms with Crippen molar-refractivity contribution in [3.63, 3.8) is 0 Å². The molecule has 0 bridgehead atoms. The van der Waals surface area contributed by atoms with Crippen LogP contribution in [0.4, 0.5) is 4.39 Å². The van der Waals surface area contributed by atoms with Gasteiger partial charge in [0.05, 0.1) is 17.7 Å². The molecule has 4 rings (SSSR count). The highest BCUT2D eigenvalue weighted by Crippen LogP contribution is 2.26. The first-order valence-corrected chi connectivity index (χ1v) is 9.67. The fraction of sp³-hybridized carbons (Fsp3) is 0.208. The number of halogens is 1. The lowest BCUT2D eigenvalue weighted by molar-refractivity contribution is 0.0562. The van der Waals surface area contributed by atoms with Gasteiger partial charge in [0, 0.05) is 24.4 Å². The first-order valence-electron chi connectivity index (χ1n) is 9.67. The molecule has 2 aromatic carbocycles. The van der Waals surface area contributed by atoms with Gasteiger partial charge in [-0.15, -0.1) is 0 Å². The quantitative estimate of drug-likeness (QED) is 0.662. The highest BCUT2D eigenvalue weighted by atomic mass is 19.1. The Kier molecular flexibility index (Phi) is 5.44. The molecule has 3 aromatic rings. The smallest absolute Gasteiger partial charge is 0.254 e. The first-order chi connectivity index (χ1) is 14.5. The minimum Gasteiger partial charge on any atom is -0.475 e. The molecular weight excluding hydrogens is 381 g/mol. The van der Waals surface area contributed by atoms with Crippen LogP contribution in [-0.2, 0) is 13.0 Å². The molecule has 30 heavy (non-hydrogen) atoms. The van der Waals surface area contributed by atoms with Crippen molar-refractivity contribution in [3.8, 4) is 11.9 Å². The number of ether oxygens (including phenoxy) is 1. The van der Waals surface area contributed by atoms with Crippen molar-refractivity contribution in [2.75, 3.05) is 6.61 Å². The number of carbonyl (C=O) groups is 1. The first kappa shape index (κ1) is 19.6. The standard InChI is InChI=1S/C24H20FN3O2/c1-16-5-8-23(27-13-16)30-15-22-11-20-10-21(25)7-6-19(20)14-28(22)24(29)18-4-2-3-17(9-18)12-26/h2-10,13,22H,11,14-15H2,1H3/t22-/m0/s1. The number of nitriles is 1. The number of benzene rings is 2. The molecule has 0 spiro atoms. The Morgan fingerprint density at radius 3 is 2.87 bits per heavy atom. The highest BCUT2D eigenvalue weighted by Gasteiger charge is 2.31. The molecule has 5 nitrogen and oxygen atoms in total. The van der Waals surface area contributed by atoms with E-state index in [0.29, 0.717) is 30.0 Å². The Bertz CT molecular complexity index is 1120. The van der Waals surface area contributed by atoms with Crippen molar-refractivity contribution in [1.82, 2.24) is 9.88 Å². The third kappa shape index (κ3) is 4.15. The molecule has 0 saturated carbocycles. The Morgan fingerprint density at radius 1 is 1.23 bits per heavy atom. The number of pyridine rings is 1. The summed E-state index contributed by atoms with van der Waals surface area (Å²) in [6.07, 6.45) is 2.19. The molecule has 1 atom stereocenters. The van der Waals surface area contributed by atoms with Crippen LogP contribution in [0.5, 0.6) is 5.88 Å². The van der Waals surface area contributed by atoms with E-state index in [1.54, 1.807) is 47.5 Å². The Morgan fingerprint density at radius 2 is 2.10 bits per heavy atom. The second kappa shape index (κ2) is 8.34. The maximum absolute atomic E-state index is 13.8. The second-order valence-corrected chi connectivity index (χ2v) is 7.38. The maximum atomic E-state index is 13.8. The van der Waals surface area contributed by atoms with Gasteiger partial charge in [-0.3, -0.25) is 4.79 Å². The van der Waals surface area contributed by atoms with Gasteiger partial charge in [-0.2, -0.15) is 5.26 Å². The van der Waals surface area contributed by atoms with Crippen LogP contribution in [0, 0.1) is 24.1 Å². The Labute approximate surface area is 174 Å². The fourth-order valence-corrected chi connectivity index (χ4v) is 3.61. The summed E-state index contributed by atoms with van der Waals surface area (Å²) in [5, 5.41) is 9.15. The molecule has 1 amide bonds. The number of aromatic nitrogens is 1. The van der Waals surface area contributed by atoms with Gasteiger partial charge in [0.1, 0.15) is 12.4 Å². The Hall–Kier alpha value is -3.72. The minimum atomic E-state index is -0.296. The molecule has 0 unspecified atom stereocenters. The summed E-state index contributed by atoms with van der Waals surface area (Å²) in [6, 6.07) is 16.7. The number of nitrogens with zero attached hydrogens (tertiary/aromatic N) is 3. The fourth-order valence-electron chi connectivity index (χ4n) is 3.61. The predicted octanol–water partition coefficient (Wildman–Crippen LogP) is 4.05. The molecule has 150 valence electrons. The van der Waals surface area contributed by atoms with E-state index in [9.17, 15) is 9.18 Å². The van der Waals surface area contributed by atoms with Crippen molar-refractivity contribution in [2.24, 2.45) is 0 Å². The summed E-state index contributed by atoms with van der Waals surface area (Å²) >= 11 is 0. The van der Waals surface area contributed by atoms with Crippen molar-refractivity contribution < 1.29 is 13.9 Å². The normalized spacial score (nSPS) is 15.2. The van der Waals surface area contributed by atoms with E-state index in [4.69, 9.17) is 10.00 Å². The van der Waals surface area contributed by atoms with Crippen LogP contribution < -0.4 is 4.74 Å². The third-order valence-electron chi connectivity index (χ3n) is 5.21. The van der Waals surface area contributed by atoms with Crippen LogP contribution in [0.3, 0.4) is 0 Å². The summed E-state index contributed by atoms with van der Waals surface area (Å²) in [5.74, 6) is -0.00725. The number of fused-ring (bicyclic) bond motifs is 1. The van der Waals surface area contributed by atoms with E-state index < -0.39 is 0 Å². The predicted molar refractivity (Wildman–Crippen MR) is 109 cm³/mol. The van der Waals surface area contributed by atoms with E-state index in [1.165, 1.54) is 12.1 Å². The van der Waals surface area contributed by atoms with Crippen LogP contribution in [0.25, 0.3) is 0 Å². The second-order valence-electron chi connectivity index (χ2n) is 7.38. The lowest BCUT2D eigenvalue weighted by Gasteiger charge is -2.37. The monoisotopic (exact) mass is 401 g/mol. The number of carbonyl (C=O) groups excluding carboxylic acids is 1. The molecular formula is C24H20FN3O2. The highest BCUT2D eigenvalue weighted by molar-refractivity contribution is 5.95. The zero-order valence-corrected chi connectivity index (χ0v) is 16.5. The average Bonchev–Trinajstić information content (AvgIpc) is 2.77. The van der Waals surface area contributed by atoms with Crippen molar-refractivity contribution in [2.45, 2.75) is 25.9 Å². The zero-order chi connectivity index (χ0) is 21.1. The van der Waals surface area contributed by atoms with Gasteiger partial charge in [-0.05, 0) is 60.4 Å². The van der Waals surface area contributed by atoms with Gasteiger partial charge >= 0.3 is 0 Å². The largest absolute Gasteiger partial charge is 0.475 e. The van der Waals surface area contributed by atoms with Crippen LogP contribution >= 0.6 is 0 Å². The maximum Gasteiger partial charge on any atom is 0.254 e. The van der Waals surface area contributed by atoms with E-state index >= 15 is 0 Å². The third-order valence-corrected chi connectivity index (χ3v) is 5.21. The average molecular weight is 401 g/mol. The topological polar surface area (TPSA) is 66.2 Å². The van der Waals surface area contributed by atoms with Crippen LogP contribution in [0.1, 0.15) is 32.6 Å². The molecule has 0 saturated heterocycles. The van der Waals surface area contributed by atoms with Gasteiger partial charge in [0.15, 0.2) is 0 Å². The SMILES string of the molecule is Cc1ccc(OC[C@@H]2Cc3cc(F)ccc3CN2C(=O)c2cccc(C#N)c2)nc1. The number of hydrogen-bond donors (Lipinski definition) is 0. The molecule has 1 aliphatic heterocycles. The molecule has 6 heteroatoms. The van der Waals surface area contributed by atoms with Gasteiger partial charge < -0.3 is 9.64 Å². The van der Waals surface area contributed by atoms with Crippen molar-refractivity contribution >= 4 is 5.91 Å². The summed E-state index contributed by atoms with van der Waals surface area (Å²) < 4.78 is 19.6. The van der Waals surface area contributed by atoms with Crippen LogP contribution in [0.15, 0.2) is 60.8 Å². The summed E-state index contributed by atoms with van der Waals surface area (Å²) in [5.41, 5.74) is 3.68. The lowest BCUT2D eigenvalue weighted by Crippen LogP contribution is -2.47. The molecule has 0 fully saturated rings. The van der Waals surface area contributed by atoms with Gasteiger partial charge in [-0.1, -0.05) is 18.2 Å². The molecule has 1 aromatic heterocycles. The molecule has 0 radical (unpaired) electrons. The number of amides is 1. The lowest BCUT2D eigenvalue weighted by atomic mass is 9.93. The molecule has 2 heterocycles. The van der Waals surface area contributed by atoms with E-state index in [-0.39, 0.29) is 24.4 Å². The van der Waals surface area contributed by atoms with Gasteiger partial charge in [-0.25, -0.2) is 9.37 Å². The van der Waals surface area contributed by atoms with Gasteiger partial charge in [0.25, 0.3) is 5.91 Å². The zero-order valence-electron chi connectivity index (χ0n) is 16.5. The Balaban J connectivity index is 1.61. The molecule has 1 aliphatic rings. The number of aryl methyl sites for hydroxylation is 1. The van der Waals surface area contributed by atoms with Crippen molar-refractivity contribution in [3.05, 3.63) is 94.4 Å².